The van der Waals surface area contributed by atoms with Crippen LogP contribution in [-0.2, 0) is 17.8 Å². The summed E-state index contributed by atoms with van der Waals surface area (Å²) in [6.45, 7) is 2.80. The van der Waals surface area contributed by atoms with Crippen molar-refractivity contribution in [2.75, 3.05) is 25.3 Å². The molecule has 0 radical (unpaired) electrons. The summed E-state index contributed by atoms with van der Waals surface area (Å²) < 4.78 is 12.5. The van der Waals surface area contributed by atoms with Gasteiger partial charge in [0, 0.05) is 41.7 Å². The normalized spacial score (nSPS) is 10.7. The molecule has 0 aliphatic rings. The van der Waals surface area contributed by atoms with Crippen molar-refractivity contribution < 1.29 is 14.3 Å². The minimum absolute atomic E-state index is 0.134. The Labute approximate surface area is 172 Å². The molecule has 2 aromatic heterocycles. The van der Waals surface area contributed by atoms with Gasteiger partial charge in [0.1, 0.15) is 17.3 Å². The molecule has 148 valence electrons. The fourth-order valence-corrected chi connectivity index (χ4v) is 4.17. The Balaban J connectivity index is 1.62. The predicted octanol–water partition coefficient (Wildman–Crippen LogP) is 3.70. The summed E-state index contributed by atoms with van der Waals surface area (Å²) in [5.41, 5.74) is 0.622. The van der Waals surface area contributed by atoms with Gasteiger partial charge in [-0.05, 0) is 18.4 Å². The van der Waals surface area contributed by atoms with Crippen LogP contribution >= 0.6 is 23.1 Å². The van der Waals surface area contributed by atoms with Gasteiger partial charge < -0.3 is 19.4 Å². The van der Waals surface area contributed by atoms with Crippen LogP contribution in [0.5, 0.6) is 11.5 Å². The maximum absolute atomic E-state index is 12.4. The summed E-state index contributed by atoms with van der Waals surface area (Å²) in [5.74, 6) is 2.24. The number of methoxy groups -OCH3 is 2. The van der Waals surface area contributed by atoms with Crippen LogP contribution in [0.25, 0.3) is 0 Å². The van der Waals surface area contributed by atoms with E-state index in [-0.39, 0.29) is 11.7 Å². The van der Waals surface area contributed by atoms with E-state index in [2.05, 4.69) is 27.0 Å². The Kier molecular flexibility index (Phi) is 6.94. The molecule has 0 bridgehead atoms. The maximum Gasteiger partial charge on any atom is 0.234 e. The summed E-state index contributed by atoms with van der Waals surface area (Å²) in [6, 6.07) is 9.36. The number of aromatic nitrogens is 3. The van der Waals surface area contributed by atoms with E-state index in [1.54, 1.807) is 43.8 Å². The molecule has 0 saturated carbocycles. The number of amides is 1. The Morgan fingerprint density at radius 3 is 2.57 bits per heavy atom. The van der Waals surface area contributed by atoms with Crippen LogP contribution in [0.1, 0.15) is 17.6 Å². The van der Waals surface area contributed by atoms with E-state index in [1.807, 2.05) is 17.6 Å². The molecular formula is C19H22N4O3S2. The molecule has 3 aromatic rings. The highest BCUT2D eigenvalue weighted by atomic mass is 32.2. The molecule has 7 nitrogen and oxygen atoms in total. The van der Waals surface area contributed by atoms with Crippen LogP contribution in [0.15, 0.2) is 40.9 Å². The molecule has 0 spiro atoms. The van der Waals surface area contributed by atoms with E-state index >= 15 is 0 Å². The molecule has 0 unspecified atom stereocenters. The summed E-state index contributed by atoms with van der Waals surface area (Å²) in [4.78, 5) is 13.6. The van der Waals surface area contributed by atoms with Gasteiger partial charge in [-0.1, -0.05) is 17.8 Å². The van der Waals surface area contributed by atoms with Crippen LogP contribution < -0.4 is 14.8 Å². The van der Waals surface area contributed by atoms with Crippen LogP contribution in [0.3, 0.4) is 0 Å². The lowest BCUT2D eigenvalue weighted by Crippen LogP contribution is -2.15. The molecule has 2 heterocycles. The second kappa shape index (κ2) is 9.61. The van der Waals surface area contributed by atoms with Crippen molar-refractivity contribution in [3.63, 3.8) is 0 Å². The third-order valence-corrected chi connectivity index (χ3v) is 5.83. The lowest BCUT2D eigenvalue weighted by atomic mass is 10.2. The summed E-state index contributed by atoms with van der Waals surface area (Å²) >= 11 is 3.07. The van der Waals surface area contributed by atoms with Crippen LogP contribution in [0.2, 0.25) is 0 Å². The van der Waals surface area contributed by atoms with Crippen molar-refractivity contribution in [2.24, 2.45) is 0 Å². The number of hydrogen-bond donors (Lipinski definition) is 1. The van der Waals surface area contributed by atoms with E-state index in [4.69, 9.17) is 9.47 Å². The van der Waals surface area contributed by atoms with Gasteiger partial charge in [-0.2, -0.15) is 0 Å². The SMILES string of the molecule is CCn1c(Cc2cccs2)nnc1SCC(=O)Nc1cc(OC)cc(OC)c1. The number of ether oxygens (including phenoxy) is 2. The van der Waals surface area contributed by atoms with Crippen LogP contribution in [0, 0.1) is 0 Å². The first-order chi connectivity index (χ1) is 13.6. The Morgan fingerprint density at radius 2 is 1.96 bits per heavy atom. The topological polar surface area (TPSA) is 78.3 Å². The van der Waals surface area contributed by atoms with Crippen LogP contribution in [-0.4, -0.2) is 40.6 Å². The van der Waals surface area contributed by atoms with Crippen molar-refractivity contribution in [1.82, 2.24) is 14.8 Å². The Morgan fingerprint density at radius 1 is 1.21 bits per heavy atom. The number of anilines is 1. The number of carbonyl (C=O) groups excluding carboxylic acids is 1. The van der Waals surface area contributed by atoms with Crippen molar-refractivity contribution in [3.05, 3.63) is 46.4 Å². The fourth-order valence-electron chi connectivity index (χ4n) is 2.65. The largest absolute Gasteiger partial charge is 0.497 e. The summed E-state index contributed by atoms with van der Waals surface area (Å²) in [6.07, 6.45) is 0.745. The molecule has 0 aliphatic carbocycles. The average Bonchev–Trinajstić information content (AvgIpc) is 3.35. The molecule has 0 atom stereocenters. The minimum atomic E-state index is -0.134. The average molecular weight is 419 g/mol. The van der Waals surface area contributed by atoms with E-state index < -0.39 is 0 Å². The number of carbonyl (C=O) groups is 1. The number of benzene rings is 1. The minimum Gasteiger partial charge on any atom is -0.497 e. The fraction of sp³-hybridized carbons (Fsp3) is 0.316. The first kappa shape index (κ1) is 20.2. The predicted molar refractivity (Wildman–Crippen MR) is 112 cm³/mol. The molecule has 9 heteroatoms. The van der Waals surface area contributed by atoms with Gasteiger partial charge in [0.25, 0.3) is 0 Å². The van der Waals surface area contributed by atoms with Crippen molar-refractivity contribution >= 4 is 34.7 Å². The second-order valence-corrected chi connectivity index (χ2v) is 7.81. The highest BCUT2D eigenvalue weighted by molar-refractivity contribution is 7.99. The van der Waals surface area contributed by atoms with E-state index in [0.717, 1.165) is 23.9 Å². The molecule has 0 aliphatic heterocycles. The third kappa shape index (κ3) is 5.05. The van der Waals surface area contributed by atoms with Gasteiger partial charge in [0.2, 0.25) is 5.91 Å². The van der Waals surface area contributed by atoms with Crippen molar-refractivity contribution in [2.45, 2.75) is 25.0 Å². The maximum atomic E-state index is 12.4. The zero-order valence-electron chi connectivity index (χ0n) is 16.0. The monoisotopic (exact) mass is 418 g/mol. The lowest BCUT2D eigenvalue weighted by molar-refractivity contribution is -0.113. The highest BCUT2D eigenvalue weighted by Crippen LogP contribution is 2.26. The number of thiophene rings is 1. The number of hydrogen-bond acceptors (Lipinski definition) is 7. The molecule has 0 fully saturated rings. The number of nitrogens with zero attached hydrogens (tertiary/aromatic N) is 3. The van der Waals surface area contributed by atoms with Gasteiger partial charge in [0.05, 0.1) is 20.0 Å². The molecular weight excluding hydrogens is 396 g/mol. The highest BCUT2D eigenvalue weighted by Gasteiger charge is 2.14. The molecule has 1 aromatic carbocycles. The Hall–Kier alpha value is -2.52. The van der Waals surface area contributed by atoms with Gasteiger partial charge in [-0.3, -0.25) is 4.79 Å². The van der Waals surface area contributed by atoms with Gasteiger partial charge >= 0.3 is 0 Å². The Bertz CT molecular complexity index is 903. The number of thioether (sulfide) groups is 1. The quantitative estimate of drug-likeness (QED) is 0.534. The third-order valence-electron chi connectivity index (χ3n) is 3.99. The molecule has 1 amide bonds. The standard InChI is InChI=1S/C19H22N4O3S2/c1-4-23-17(11-16-6-5-7-27-16)21-22-19(23)28-12-18(24)20-13-8-14(25-2)10-15(9-13)26-3/h5-10H,4,11-12H2,1-3H3,(H,20,24). The van der Waals surface area contributed by atoms with Crippen LogP contribution in [0.4, 0.5) is 5.69 Å². The first-order valence-corrected chi connectivity index (χ1v) is 10.6. The molecule has 3 rings (SSSR count). The van der Waals surface area contributed by atoms with Gasteiger partial charge in [-0.25, -0.2) is 0 Å². The number of nitrogens with one attached hydrogen (secondary N) is 1. The van der Waals surface area contributed by atoms with Gasteiger partial charge in [-0.15, -0.1) is 21.5 Å². The first-order valence-electron chi connectivity index (χ1n) is 8.73. The number of rotatable bonds is 9. The summed E-state index contributed by atoms with van der Waals surface area (Å²) in [5, 5.41) is 14.2. The second-order valence-electron chi connectivity index (χ2n) is 5.84. The molecule has 0 saturated heterocycles. The molecule has 1 N–H and O–H groups in total. The van der Waals surface area contributed by atoms with E-state index in [1.165, 1.54) is 16.6 Å². The molecule has 28 heavy (non-hydrogen) atoms. The smallest absolute Gasteiger partial charge is 0.234 e. The zero-order valence-corrected chi connectivity index (χ0v) is 17.6. The van der Waals surface area contributed by atoms with E-state index in [9.17, 15) is 4.79 Å². The lowest BCUT2D eigenvalue weighted by Gasteiger charge is -2.10. The van der Waals surface area contributed by atoms with Crippen molar-refractivity contribution in [1.29, 1.82) is 0 Å². The summed E-state index contributed by atoms with van der Waals surface area (Å²) in [7, 11) is 3.14. The van der Waals surface area contributed by atoms with Crippen molar-refractivity contribution in [3.8, 4) is 11.5 Å². The zero-order chi connectivity index (χ0) is 19.9. The van der Waals surface area contributed by atoms with Gasteiger partial charge in [0.15, 0.2) is 5.16 Å². The van der Waals surface area contributed by atoms with E-state index in [0.29, 0.717) is 17.2 Å².